The summed E-state index contributed by atoms with van der Waals surface area (Å²) < 4.78 is 16.3. The van der Waals surface area contributed by atoms with Crippen molar-refractivity contribution in [2.45, 2.75) is 18.7 Å². The van der Waals surface area contributed by atoms with Crippen molar-refractivity contribution >= 4 is 10.8 Å². The molecule has 90 valence electrons. The van der Waals surface area contributed by atoms with Gasteiger partial charge in [0.1, 0.15) is 0 Å². The van der Waals surface area contributed by atoms with Gasteiger partial charge in [-0.05, 0) is 13.0 Å². The van der Waals surface area contributed by atoms with Gasteiger partial charge in [-0.25, -0.2) is 4.98 Å². The van der Waals surface area contributed by atoms with E-state index in [-0.39, 0.29) is 5.25 Å². The van der Waals surface area contributed by atoms with Crippen LogP contribution in [0.15, 0.2) is 18.3 Å². The molecule has 0 fully saturated rings. The second-order valence-electron chi connectivity index (χ2n) is 3.61. The lowest BCUT2D eigenvalue weighted by atomic mass is 10.2. The fraction of sp³-hybridized carbons (Fsp3) is 0.545. The standard InChI is InChI=1S/C11H18N2O2S/c1-9(16(3)14)7-12-8-10-5-4-6-13-11(10)15-2/h4-6,9,12H,7-8H2,1-3H3. The van der Waals surface area contributed by atoms with Crippen LogP contribution in [0, 0.1) is 0 Å². The maximum atomic E-state index is 11.1. The number of hydrogen-bond acceptors (Lipinski definition) is 4. The van der Waals surface area contributed by atoms with Crippen molar-refractivity contribution in [3.63, 3.8) is 0 Å². The topological polar surface area (TPSA) is 51.2 Å². The van der Waals surface area contributed by atoms with Gasteiger partial charge in [0.25, 0.3) is 0 Å². The fourth-order valence-electron chi connectivity index (χ4n) is 1.27. The van der Waals surface area contributed by atoms with Gasteiger partial charge in [-0.2, -0.15) is 0 Å². The van der Waals surface area contributed by atoms with Gasteiger partial charge >= 0.3 is 0 Å². The van der Waals surface area contributed by atoms with E-state index in [1.807, 2.05) is 19.1 Å². The summed E-state index contributed by atoms with van der Waals surface area (Å²) in [6, 6.07) is 3.84. The minimum atomic E-state index is -0.785. The van der Waals surface area contributed by atoms with E-state index in [1.54, 1.807) is 19.6 Å². The van der Waals surface area contributed by atoms with E-state index in [1.165, 1.54) is 0 Å². The molecular formula is C11H18N2O2S. The first-order valence-corrected chi connectivity index (χ1v) is 6.78. The number of hydrogen-bond donors (Lipinski definition) is 1. The Bertz CT molecular complexity index is 358. The molecular weight excluding hydrogens is 224 g/mol. The lowest BCUT2D eigenvalue weighted by Crippen LogP contribution is -2.27. The first-order valence-electron chi connectivity index (χ1n) is 5.16. The highest BCUT2D eigenvalue weighted by molar-refractivity contribution is 7.84. The van der Waals surface area contributed by atoms with E-state index >= 15 is 0 Å². The summed E-state index contributed by atoms with van der Waals surface area (Å²) >= 11 is 0. The molecule has 0 amide bonds. The van der Waals surface area contributed by atoms with Crippen LogP contribution in [0.5, 0.6) is 5.88 Å². The SMILES string of the molecule is COc1ncccc1CNCC(C)S(C)=O. The third-order valence-corrected chi connectivity index (χ3v) is 3.66. The van der Waals surface area contributed by atoms with Gasteiger partial charge < -0.3 is 10.1 Å². The molecule has 0 radical (unpaired) electrons. The largest absolute Gasteiger partial charge is 0.481 e. The van der Waals surface area contributed by atoms with Crippen LogP contribution in [0.4, 0.5) is 0 Å². The van der Waals surface area contributed by atoms with Crippen LogP contribution in [0.25, 0.3) is 0 Å². The van der Waals surface area contributed by atoms with Crippen LogP contribution >= 0.6 is 0 Å². The minimum absolute atomic E-state index is 0.155. The average molecular weight is 242 g/mol. The summed E-state index contributed by atoms with van der Waals surface area (Å²) in [6.07, 6.45) is 3.42. The number of pyridine rings is 1. The smallest absolute Gasteiger partial charge is 0.217 e. The van der Waals surface area contributed by atoms with Crippen LogP contribution in [0.1, 0.15) is 12.5 Å². The molecule has 0 saturated carbocycles. The zero-order valence-corrected chi connectivity index (χ0v) is 10.7. The second kappa shape index (κ2) is 6.60. The van der Waals surface area contributed by atoms with E-state index in [2.05, 4.69) is 10.3 Å². The van der Waals surface area contributed by atoms with Crippen molar-refractivity contribution < 1.29 is 8.95 Å². The highest BCUT2D eigenvalue weighted by Crippen LogP contribution is 2.12. The maximum Gasteiger partial charge on any atom is 0.217 e. The highest BCUT2D eigenvalue weighted by atomic mass is 32.2. The van der Waals surface area contributed by atoms with Crippen LogP contribution < -0.4 is 10.1 Å². The van der Waals surface area contributed by atoms with Crippen LogP contribution in [-0.2, 0) is 17.3 Å². The zero-order valence-electron chi connectivity index (χ0n) is 9.90. The van der Waals surface area contributed by atoms with Crippen molar-refractivity contribution in [3.8, 4) is 5.88 Å². The summed E-state index contributed by atoms with van der Waals surface area (Å²) in [5.41, 5.74) is 1.01. The lowest BCUT2D eigenvalue weighted by molar-refractivity contribution is 0.390. The second-order valence-corrected chi connectivity index (χ2v) is 5.41. The third-order valence-electron chi connectivity index (χ3n) is 2.36. The number of nitrogens with one attached hydrogen (secondary N) is 1. The Labute approximate surface area is 98.9 Å². The number of rotatable bonds is 6. The Morgan fingerprint density at radius 2 is 2.38 bits per heavy atom. The van der Waals surface area contributed by atoms with Gasteiger partial charge in [-0.1, -0.05) is 6.07 Å². The number of nitrogens with zero attached hydrogens (tertiary/aromatic N) is 1. The predicted molar refractivity (Wildman–Crippen MR) is 66.0 cm³/mol. The summed E-state index contributed by atoms with van der Waals surface area (Å²) in [5.74, 6) is 0.639. The molecule has 4 nitrogen and oxygen atoms in total. The van der Waals surface area contributed by atoms with Crippen molar-refractivity contribution in [3.05, 3.63) is 23.9 Å². The van der Waals surface area contributed by atoms with Crippen molar-refractivity contribution in [2.24, 2.45) is 0 Å². The molecule has 5 heteroatoms. The van der Waals surface area contributed by atoms with Crippen molar-refractivity contribution in [1.29, 1.82) is 0 Å². The van der Waals surface area contributed by atoms with Gasteiger partial charge in [0.15, 0.2) is 0 Å². The van der Waals surface area contributed by atoms with Crippen molar-refractivity contribution in [2.75, 3.05) is 19.9 Å². The van der Waals surface area contributed by atoms with Crippen LogP contribution in [0.2, 0.25) is 0 Å². The summed E-state index contributed by atoms with van der Waals surface area (Å²) in [6.45, 7) is 3.36. The number of ether oxygens (including phenoxy) is 1. The Hall–Kier alpha value is -0.940. The summed E-state index contributed by atoms with van der Waals surface area (Å²) in [4.78, 5) is 4.11. The molecule has 0 aliphatic carbocycles. The molecule has 0 bridgehead atoms. The van der Waals surface area contributed by atoms with Gasteiger partial charge in [-0.3, -0.25) is 4.21 Å². The van der Waals surface area contributed by atoms with E-state index in [9.17, 15) is 4.21 Å². The maximum absolute atomic E-state index is 11.1. The zero-order chi connectivity index (χ0) is 12.0. The molecule has 0 aliphatic rings. The first-order chi connectivity index (χ1) is 7.65. The number of aromatic nitrogens is 1. The molecule has 1 N–H and O–H groups in total. The number of methoxy groups -OCH3 is 1. The molecule has 0 saturated heterocycles. The Morgan fingerprint density at radius 1 is 1.62 bits per heavy atom. The molecule has 0 aromatic carbocycles. The first kappa shape index (κ1) is 13.1. The van der Waals surface area contributed by atoms with Gasteiger partial charge in [0.2, 0.25) is 5.88 Å². The van der Waals surface area contributed by atoms with Gasteiger partial charge in [-0.15, -0.1) is 0 Å². The van der Waals surface area contributed by atoms with Gasteiger partial charge in [0.05, 0.1) is 7.11 Å². The third kappa shape index (κ3) is 3.90. The fourth-order valence-corrected chi connectivity index (χ4v) is 1.62. The predicted octanol–water partition coefficient (Wildman–Crippen LogP) is 0.947. The van der Waals surface area contributed by atoms with Crippen molar-refractivity contribution in [1.82, 2.24) is 10.3 Å². The normalized spacial score (nSPS) is 14.4. The summed E-state index contributed by atoms with van der Waals surface area (Å²) in [5, 5.41) is 3.40. The van der Waals surface area contributed by atoms with E-state index in [4.69, 9.17) is 4.74 Å². The Morgan fingerprint density at radius 3 is 3.00 bits per heavy atom. The summed E-state index contributed by atoms with van der Waals surface area (Å²) in [7, 11) is 0.822. The van der Waals surface area contributed by atoms with E-state index in [0.717, 1.165) is 12.1 Å². The lowest BCUT2D eigenvalue weighted by Gasteiger charge is -2.11. The average Bonchev–Trinajstić information content (AvgIpc) is 2.29. The molecule has 0 spiro atoms. The van der Waals surface area contributed by atoms with Crippen LogP contribution in [-0.4, -0.2) is 34.4 Å². The highest BCUT2D eigenvalue weighted by Gasteiger charge is 2.07. The van der Waals surface area contributed by atoms with Gasteiger partial charge in [0, 0.05) is 47.2 Å². The molecule has 1 rings (SSSR count). The molecule has 1 aromatic rings. The molecule has 16 heavy (non-hydrogen) atoms. The molecule has 0 aliphatic heterocycles. The Balaban J connectivity index is 2.45. The molecule has 1 heterocycles. The molecule has 2 atom stereocenters. The Kier molecular flexibility index (Phi) is 5.42. The molecule has 2 unspecified atom stereocenters. The quantitative estimate of drug-likeness (QED) is 0.807. The van der Waals surface area contributed by atoms with E-state index in [0.29, 0.717) is 12.4 Å². The minimum Gasteiger partial charge on any atom is -0.481 e. The molecule has 1 aromatic heterocycles. The van der Waals surface area contributed by atoms with Crippen LogP contribution in [0.3, 0.4) is 0 Å². The van der Waals surface area contributed by atoms with E-state index < -0.39 is 10.8 Å². The monoisotopic (exact) mass is 242 g/mol.